The molecule has 0 saturated heterocycles. The number of nitrogens with zero attached hydrogens (tertiary/aromatic N) is 2. The molecular formula is C14H19N3O3. The van der Waals surface area contributed by atoms with Gasteiger partial charge in [0.05, 0.1) is 24.4 Å². The molecule has 108 valence electrons. The summed E-state index contributed by atoms with van der Waals surface area (Å²) in [5.74, 6) is 1.44. The van der Waals surface area contributed by atoms with E-state index >= 15 is 0 Å². The molecule has 2 rings (SSSR count). The molecule has 0 fully saturated rings. The SMILES string of the molecule is Cc1cc(CC(=O)NCC(c2ccco2)N(C)C)no1. The molecule has 0 aliphatic carbocycles. The van der Waals surface area contributed by atoms with Gasteiger partial charge in [0.15, 0.2) is 0 Å². The molecule has 0 radical (unpaired) electrons. The van der Waals surface area contributed by atoms with Crippen molar-refractivity contribution in [3.05, 3.63) is 41.7 Å². The molecular weight excluding hydrogens is 258 g/mol. The van der Waals surface area contributed by atoms with Crippen molar-refractivity contribution in [2.24, 2.45) is 0 Å². The summed E-state index contributed by atoms with van der Waals surface area (Å²) in [7, 11) is 3.89. The minimum absolute atomic E-state index is 0.00740. The summed E-state index contributed by atoms with van der Waals surface area (Å²) in [6, 6.07) is 5.51. The van der Waals surface area contributed by atoms with Crippen LogP contribution >= 0.6 is 0 Å². The number of nitrogens with one attached hydrogen (secondary N) is 1. The number of rotatable bonds is 6. The third-order valence-electron chi connectivity index (χ3n) is 3.01. The second-order valence-electron chi connectivity index (χ2n) is 4.90. The van der Waals surface area contributed by atoms with Crippen LogP contribution in [0.3, 0.4) is 0 Å². The average molecular weight is 277 g/mol. The van der Waals surface area contributed by atoms with Crippen LogP contribution < -0.4 is 5.32 Å². The fourth-order valence-corrected chi connectivity index (χ4v) is 1.96. The number of aromatic nitrogens is 1. The normalized spacial score (nSPS) is 12.6. The Hall–Kier alpha value is -2.08. The van der Waals surface area contributed by atoms with Crippen molar-refractivity contribution in [2.75, 3.05) is 20.6 Å². The fraction of sp³-hybridized carbons (Fsp3) is 0.429. The first-order valence-electron chi connectivity index (χ1n) is 6.45. The van der Waals surface area contributed by atoms with Crippen LogP contribution in [0.5, 0.6) is 0 Å². The number of amides is 1. The average Bonchev–Trinajstić information content (AvgIpc) is 3.01. The van der Waals surface area contributed by atoms with Gasteiger partial charge in [-0.25, -0.2) is 0 Å². The summed E-state index contributed by atoms with van der Waals surface area (Å²) in [5.41, 5.74) is 0.638. The van der Waals surface area contributed by atoms with E-state index in [0.717, 1.165) is 5.76 Å². The van der Waals surface area contributed by atoms with Gasteiger partial charge < -0.3 is 14.3 Å². The zero-order chi connectivity index (χ0) is 14.5. The molecule has 6 nitrogen and oxygen atoms in total. The first-order chi connectivity index (χ1) is 9.56. The largest absolute Gasteiger partial charge is 0.468 e. The Kier molecular flexibility index (Phi) is 4.57. The zero-order valence-electron chi connectivity index (χ0n) is 11.9. The van der Waals surface area contributed by atoms with Crippen LogP contribution in [0.15, 0.2) is 33.4 Å². The van der Waals surface area contributed by atoms with E-state index in [9.17, 15) is 4.79 Å². The second kappa shape index (κ2) is 6.38. The minimum Gasteiger partial charge on any atom is -0.468 e. The van der Waals surface area contributed by atoms with Gasteiger partial charge in [0.1, 0.15) is 11.5 Å². The first kappa shape index (κ1) is 14.3. The number of hydrogen-bond acceptors (Lipinski definition) is 5. The van der Waals surface area contributed by atoms with E-state index in [1.165, 1.54) is 0 Å². The summed E-state index contributed by atoms with van der Waals surface area (Å²) in [5, 5.41) is 6.69. The number of carbonyl (C=O) groups excluding carboxylic acids is 1. The molecule has 1 N–H and O–H groups in total. The lowest BCUT2D eigenvalue weighted by Crippen LogP contribution is -2.35. The van der Waals surface area contributed by atoms with Gasteiger partial charge in [0.25, 0.3) is 0 Å². The van der Waals surface area contributed by atoms with E-state index in [0.29, 0.717) is 18.0 Å². The molecule has 1 atom stereocenters. The van der Waals surface area contributed by atoms with Gasteiger partial charge in [0.2, 0.25) is 5.91 Å². The molecule has 2 aromatic heterocycles. The van der Waals surface area contributed by atoms with Crippen LogP contribution in [0.1, 0.15) is 23.3 Å². The number of likely N-dealkylation sites (N-methyl/N-ethyl adjacent to an activating group) is 1. The Morgan fingerprint density at radius 3 is 2.85 bits per heavy atom. The van der Waals surface area contributed by atoms with Gasteiger partial charge >= 0.3 is 0 Å². The number of aryl methyl sites for hydroxylation is 1. The molecule has 0 bridgehead atoms. The molecule has 20 heavy (non-hydrogen) atoms. The highest BCUT2D eigenvalue weighted by atomic mass is 16.5. The van der Waals surface area contributed by atoms with E-state index in [-0.39, 0.29) is 18.4 Å². The summed E-state index contributed by atoms with van der Waals surface area (Å²) in [4.78, 5) is 13.9. The Balaban J connectivity index is 1.88. The molecule has 2 heterocycles. The fourth-order valence-electron chi connectivity index (χ4n) is 1.96. The van der Waals surface area contributed by atoms with Gasteiger partial charge in [-0.05, 0) is 33.2 Å². The van der Waals surface area contributed by atoms with E-state index in [2.05, 4.69) is 10.5 Å². The van der Waals surface area contributed by atoms with Crippen LogP contribution in [0.2, 0.25) is 0 Å². The molecule has 1 amide bonds. The van der Waals surface area contributed by atoms with Gasteiger partial charge in [-0.3, -0.25) is 9.69 Å². The zero-order valence-corrected chi connectivity index (χ0v) is 11.9. The Labute approximate surface area is 117 Å². The number of furan rings is 1. The predicted molar refractivity (Wildman–Crippen MR) is 73.1 cm³/mol. The van der Waals surface area contributed by atoms with Gasteiger partial charge in [-0.15, -0.1) is 0 Å². The van der Waals surface area contributed by atoms with Gasteiger partial charge in [0, 0.05) is 12.6 Å². The van der Waals surface area contributed by atoms with Gasteiger partial charge in [-0.1, -0.05) is 5.16 Å². The molecule has 0 aliphatic rings. The number of carbonyl (C=O) groups is 1. The minimum atomic E-state index is -0.0864. The van der Waals surface area contributed by atoms with E-state index in [1.54, 1.807) is 19.3 Å². The quantitative estimate of drug-likeness (QED) is 0.867. The van der Waals surface area contributed by atoms with Crippen LogP contribution in [-0.2, 0) is 11.2 Å². The van der Waals surface area contributed by atoms with Crippen molar-refractivity contribution in [3.63, 3.8) is 0 Å². The van der Waals surface area contributed by atoms with Crippen LogP contribution in [0, 0.1) is 6.92 Å². The van der Waals surface area contributed by atoms with Gasteiger partial charge in [-0.2, -0.15) is 0 Å². The van der Waals surface area contributed by atoms with Crippen molar-refractivity contribution in [1.82, 2.24) is 15.4 Å². The molecule has 6 heteroatoms. The molecule has 2 aromatic rings. The maximum atomic E-state index is 11.9. The van der Waals surface area contributed by atoms with Crippen molar-refractivity contribution in [1.29, 1.82) is 0 Å². The molecule has 1 unspecified atom stereocenters. The Morgan fingerprint density at radius 1 is 1.50 bits per heavy atom. The lowest BCUT2D eigenvalue weighted by atomic mass is 10.2. The molecule has 0 spiro atoms. The highest BCUT2D eigenvalue weighted by molar-refractivity contribution is 5.78. The molecule has 0 saturated carbocycles. The maximum Gasteiger partial charge on any atom is 0.226 e. The van der Waals surface area contributed by atoms with E-state index in [1.807, 2.05) is 31.1 Å². The molecule has 0 aliphatic heterocycles. The summed E-state index contributed by atoms with van der Waals surface area (Å²) >= 11 is 0. The van der Waals surface area contributed by atoms with Crippen LogP contribution in [0.4, 0.5) is 0 Å². The standard InChI is InChI=1S/C14H19N3O3/c1-10-7-11(16-20-10)8-14(18)15-9-12(17(2)3)13-5-4-6-19-13/h4-7,12H,8-9H2,1-3H3,(H,15,18). The third-order valence-corrected chi connectivity index (χ3v) is 3.01. The summed E-state index contributed by atoms with van der Waals surface area (Å²) < 4.78 is 10.3. The smallest absolute Gasteiger partial charge is 0.226 e. The first-order valence-corrected chi connectivity index (χ1v) is 6.45. The summed E-state index contributed by atoms with van der Waals surface area (Å²) in [6.07, 6.45) is 1.85. The topological polar surface area (TPSA) is 71.5 Å². The third kappa shape index (κ3) is 3.71. The van der Waals surface area contributed by atoms with E-state index < -0.39 is 0 Å². The lowest BCUT2D eigenvalue weighted by Gasteiger charge is -2.22. The number of hydrogen-bond donors (Lipinski definition) is 1. The van der Waals surface area contributed by atoms with Crippen molar-refractivity contribution >= 4 is 5.91 Å². The Morgan fingerprint density at radius 2 is 2.30 bits per heavy atom. The van der Waals surface area contributed by atoms with Crippen LogP contribution in [0.25, 0.3) is 0 Å². The maximum absolute atomic E-state index is 11.9. The Bertz CT molecular complexity index is 546. The second-order valence-corrected chi connectivity index (χ2v) is 4.90. The highest BCUT2D eigenvalue weighted by Crippen LogP contribution is 2.17. The van der Waals surface area contributed by atoms with E-state index in [4.69, 9.17) is 8.94 Å². The monoisotopic (exact) mass is 277 g/mol. The van der Waals surface area contributed by atoms with Crippen molar-refractivity contribution in [3.8, 4) is 0 Å². The lowest BCUT2D eigenvalue weighted by molar-refractivity contribution is -0.120. The highest BCUT2D eigenvalue weighted by Gasteiger charge is 2.18. The van der Waals surface area contributed by atoms with Crippen molar-refractivity contribution in [2.45, 2.75) is 19.4 Å². The summed E-state index contributed by atoms with van der Waals surface area (Å²) in [6.45, 7) is 2.28. The van der Waals surface area contributed by atoms with Crippen LogP contribution in [-0.4, -0.2) is 36.6 Å². The van der Waals surface area contributed by atoms with Crippen molar-refractivity contribution < 1.29 is 13.7 Å². The molecule has 0 aromatic carbocycles. The predicted octanol–water partition coefficient (Wildman–Crippen LogP) is 1.54.